The van der Waals surface area contributed by atoms with Gasteiger partial charge in [-0.25, -0.2) is 0 Å². The van der Waals surface area contributed by atoms with Gasteiger partial charge in [0.05, 0.1) is 33.1 Å². The maximum atomic E-state index is 3.24. The quantitative estimate of drug-likeness (QED) is 0.165. The summed E-state index contributed by atoms with van der Waals surface area (Å²) >= 11 is 1.81. The number of hydrogen-bond donors (Lipinski definition) is 0. The molecule has 268 valence electrons. The lowest BCUT2D eigenvalue weighted by molar-refractivity contribution is 0.598. The van der Waals surface area contributed by atoms with E-state index in [-0.39, 0.29) is 6.04 Å². The summed E-state index contributed by atoms with van der Waals surface area (Å²) < 4.78 is 3.93. The topological polar surface area (TPSA) is 8.17 Å². The van der Waals surface area contributed by atoms with E-state index in [1.54, 1.807) is 0 Å². The van der Waals surface area contributed by atoms with Gasteiger partial charge in [-0.3, -0.25) is 0 Å². The second kappa shape index (κ2) is 12.6. The molecule has 0 spiro atoms. The summed E-state index contributed by atoms with van der Waals surface area (Å²) in [5.74, 6) is 0. The molecule has 1 atom stereocenters. The molecule has 2 heterocycles. The number of nitrogens with zero attached hydrogens (tertiary/aromatic N) is 2. The molecule has 0 fully saturated rings. The summed E-state index contributed by atoms with van der Waals surface area (Å²) in [7, 11) is 0. The molecule has 0 amide bonds. The van der Waals surface area contributed by atoms with Crippen molar-refractivity contribution >= 4 is 93.0 Å². The van der Waals surface area contributed by atoms with E-state index >= 15 is 0 Å². The fraction of sp³-hybridized carbons (Fsp3) is 0.0741. The maximum absolute atomic E-state index is 3.24. The van der Waals surface area contributed by atoms with Crippen LogP contribution in [0.5, 0.6) is 0 Å². The molecule has 3 aliphatic carbocycles. The van der Waals surface area contributed by atoms with Crippen molar-refractivity contribution in [1.82, 2.24) is 4.57 Å². The van der Waals surface area contributed by atoms with Crippen molar-refractivity contribution in [2.24, 2.45) is 0 Å². The Morgan fingerprint density at radius 1 is 0.684 bits per heavy atom. The number of anilines is 2. The van der Waals surface area contributed by atoms with Gasteiger partial charge in [-0.2, -0.15) is 0 Å². The third kappa shape index (κ3) is 4.66. The molecule has 9 aromatic rings. The zero-order valence-corrected chi connectivity index (χ0v) is 32.3. The minimum absolute atomic E-state index is 0.155. The second-order valence-electron chi connectivity index (χ2n) is 15.3. The molecule has 0 saturated heterocycles. The first-order chi connectivity index (χ1) is 28.3. The third-order valence-corrected chi connectivity index (χ3v) is 13.3. The van der Waals surface area contributed by atoms with Crippen LogP contribution >= 0.6 is 11.3 Å². The number of fused-ring (bicyclic) bond motifs is 4. The first kappa shape index (κ1) is 32.4. The summed E-state index contributed by atoms with van der Waals surface area (Å²) in [6, 6.07) is 55.9. The number of aromatic nitrogens is 1. The summed E-state index contributed by atoms with van der Waals surface area (Å²) in [5.41, 5.74) is 12.6. The van der Waals surface area contributed by atoms with E-state index in [0.29, 0.717) is 0 Å². The molecule has 12 rings (SSSR count). The summed E-state index contributed by atoms with van der Waals surface area (Å²) in [6.07, 6.45) is 13.5. The minimum atomic E-state index is 0.155. The Morgan fingerprint density at radius 2 is 1.47 bits per heavy atom. The molecular formula is C54H36N2S. The Labute approximate surface area is 335 Å². The van der Waals surface area contributed by atoms with Gasteiger partial charge in [0.25, 0.3) is 0 Å². The SMILES string of the molecule is C/C=C\c1csc2c(N(C3=CCCC(n4c5ccc6c7c5c5c8c(cccc8c(-c8ccccc8)c-7c7ccccc76)ccc54)C=C3)c3cc#ccc3)cccc12. The van der Waals surface area contributed by atoms with E-state index in [0.717, 1.165) is 18.5 Å². The Kier molecular flexibility index (Phi) is 7.15. The average molecular weight is 745 g/mol. The fourth-order valence-corrected chi connectivity index (χ4v) is 11.1. The summed E-state index contributed by atoms with van der Waals surface area (Å²) in [5, 5.41) is 14.2. The predicted molar refractivity (Wildman–Crippen MR) is 245 cm³/mol. The van der Waals surface area contributed by atoms with Crippen LogP contribution in [0.25, 0.3) is 92.5 Å². The van der Waals surface area contributed by atoms with Crippen molar-refractivity contribution in [3.63, 3.8) is 0 Å². The largest absolute Gasteiger partial charge is 0.333 e. The third-order valence-electron chi connectivity index (χ3n) is 12.3. The van der Waals surface area contributed by atoms with Crippen LogP contribution in [-0.4, -0.2) is 4.57 Å². The lowest BCUT2D eigenvalue weighted by atomic mass is 9.92. The molecule has 2 nitrogen and oxygen atoms in total. The Bertz CT molecular complexity index is 3360. The van der Waals surface area contributed by atoms with Gasteiger partial charge in [0.2, 0.25) is 0 Å². The van der Waals surface area contributed by atoms with E-state index in [2.05, 4.69) is 192 Å². The Hall–Kier alpha value is -6.86. The minimum Gasteiger partial charge on any atom is -0.333 e. The molecule has 7 aromatic carbocycles. The molecule has 0 saturated carbocycles. The van der Waals surface area contributed by atoms with Gasteiger partial charge in [-0.1, -0.05) is 133 Å². The average Bonchev–Trinajstić information content (AvgIpc) is 3.83. The molecule has 3 heteroatoms. The van der Waals surface area contributed by atoms with Crippen LogP contribution in [0.4, 0.5) is 11.4 Å². The van der Waals surface area contributed by atoms with Crippen molar-refractivity contribution in [2.75, 3.05) is 4.90 Å². The number of thiophene rings is 1. The van der Waals surface area contributed by atoms with Crippen molar-refractivity contribution < 1.29 is 0 Å². The monoisotopic (exact) mass is 744 g/mol. The van der Waals surface area contributed by atoms with Crippen molar-refractivity contribution in [3.8, 4) is 22.3 Å². The van der Waals surface area contributed by atoms with E-state index in [9.17, 15) is 0 Å². The number of rotatable bonds is 6. The van der Waals surface area contributed by atoms with Gasteiger partial charge < -0.3 is 9.47 Å². The van der Waals surface area contributed by atoms with E-state index in [1.807, 2.05) is 17.4 Å². The van der Waals surface area contributed by atoms with Crippen LogP contribution in [0, 0.1) is 12.1 Å². The van der Waals surface area contributed by atoms with Gasteiger partial charge in [-0.15, -0.1) is 11.3 Å². The Morgan fingerprint density at radius 3 is 2.35 bits per heavy atom. The maximum Gasteiger partial charge on any atom is 0.0640 e. The molecule has 0 radical (unpaired) electrons. The van der Waals surface area contributed by atoms with Crippen LogP contribution in [-0.2, 0) is 0 Å². The fourth-order valence-electron chi connectivity index (χ4n) is 10.0. The van der Waals surface area contributed by atoms with E-state index in [1.165, 1.54) is 103 Å². The van der Waals surface area contributed by atoms with Crippen molar-refractivity contribution in [1.29, 1.82) is 0 Å². The van der Waals surface area contributed by atoms with Crippen LogP contribution < -0.4 is 4.90 Å². The lowest BCUT2D eigenvalue weighted by Crippen LogP contribution is -2.15. The van der Waals surface area contributed by atoms with Crippen LogP contribution in [0.15, 0.2) is 169 Å². The molecule has 2 aromatic heterocycles. The molecule has 0 bridgehead atoms. The Balaban J connectivity index is 1.09. The molecular weight excluding hydrogens is 709 g/mol. The van der Waals surface area contributed by atoms with Crippen LogP contribution in [0.3, 0.4) is 0 Å². The van der Waals surface area contributed by atoms with Gasteiger partial charge in [0.1, 0.15) is 0 Å². The van der Waals surface area contributed by atoms with Crippen LogP contribution in [0.1, 0.15) is 31.4 Å². The first-order valence-electron chi connectivity index (χ1n) is 19.9. The van der Waals surface area contributed by atoms with Crippen molar-refractivity contribution in [3.05, 3.63) is 187 Å². The molecule has 0 aliphatic heterocycles. The molecule has 3 aliphatic rings. The molecule has 1 unspecified atom stereocenters. The predicted octanol–water partition coefficient (Wildman–Crippen LogP) is 15.4. The highest BCUT2D eigenvalue weighted by molar-refractivity contribution is 7.18. The van der Waals surface area contributed by atoms with E-state index in [4.69, 9.17) is 0 Å². The van der Waals surface area contributed by atoms with Gasteiger partial charge in [0.15, 0.2) is 0 Å². The lowest BCUT2D eigenvalue weighted by Gasteiger charge is -2.26. The number of benzene rings is 6. The van der Waals surface area contributed by atoms with Gasteiger partial charge in [-0.05, 0) is 116 Å². The number of allylic oxidation sites excluding steroid dienone is 4. The summed E-state index contributed by atoms with van der Waals surface area (Å²) in [4.78, 5) is 2.41. The highest BCUT2D eigenvalue weighted by atomic mass is 32.1. The zero-order chi connectivity index (χ0) is 37.6. The van der Waals surface area contributed by atoms with E-state index < -0.39 is 0 Å². The van der Waals surface area contributed by atoms with Crippen molar-refractivity contribution in [2.45, 2.75) is 25.8 Å². The second-order valence-corrected chi connectivity index (χ2v) is 16.2. The smallest absolute Gasteiger partial charge is 0.0640 e. The highest BCUT2D eigenvalue weighted by Crippen LogP contribution is 2.55. The normalized spacial score (nSPS) is 15.0. The first-order valence-corrected chi connectivity index (χ1v) is 20.8. The summed E-state index contributed by atoms with van der Waals surface area (Å²) in [6.45, 7) is 2.09. The molecule has 57 heavy (non-hydrogen) atoms. The molecule has 0 N–H and O–H groups in total. The van der Waals surface area contributed by atoms with Gasteiger partial charge >= 0.3 is 0 Å². The highest BCUT2D eigenvalue weighted by Gasteiger charge is 2.30. The zero-order valence-electron chi connectivity index (χ0n) is 31.5. The van der Waals surface area contributed by atoms with Crippen LogP contribution in [0.2, 0.25) is 0 Å². The van der Waals surface area contributed by atoms with Gasteiger partial charge in [0, 0.05) is 33.5 Å². The standard InChI is InChI=1S/C54H36N2S/c1-2-14-36-33-57-54-40(36)24-13-26-47(54)55(37-18-7-4-8-19-37)38-20-12-21-39(29-28-38)56-45-31-27-35-17-11-25-44-48(34-15-5-3-6-16-34)50-42-23-10-9-22-41(42)43-30-32-46(56)53(51(43)50)52(45)49(35)44/h2-3,5-7,9-11,13-20,22-33,39H,12,21H2,1H3/b14-2-. The number of hydrogen-bond acceptors (Lipinski definition) is 2.